The highest BCUT2D eigenvalue weighted by Crippen LogP contribution is 2.44. The molecule has 2 aromatic carbocycles. The Morgan fingerprint density at radius 2 is 1.68 bits per heavy atom. The lowest BCUT2D eigenvalue weighted by molar-refractivity contribution is -0.144. The van der Waals surface area contributed by atoms with Crippen molar-refractivity contribution in [3.8, 4) is 17.0 Å². The Morgan fingerprint density at radius 3 is 2.36 bits per heavy atom. The summed E-state index contributed by atoms with van der Waals surface area (Å²) >= 11 is 0. The number of hydrogen-bond acceptors (Lipinski definition) is 14. The van der Waals surface area contributed by atoms with E-state index < -0.39 is 41.3 Å². The van der Waals surface area contributed by atoms with E-state index in [2.05, 4.69) is 36.5 Å². The van der Waals surface area contributed by atoms with Crippen molar-refractivity contribution in [3.05, 3.63) is 89.0 Å². The van der Waals surface area contributed by atoms with E-state index in [1.165, 1.54) is 30.2 Å². The zero-order chi connectivity index (χ0) is 56.3. The van der Waals surface area contributed by atoms with Gasteiger partial charge in [0.15, 0.2) is 0 Å². The number of methoxy groups -OCH3 is 1. The summed E-state index contributed by atoms with van der Waals surface area (Å²) < 4.78 is 33.7. The summed E-state index contributed by atoms with van der Waals surface area (Å²) in [7, 11) is 4.86. The number of ether oxygens (including phenoxy) is 3. The molecule has 7 rings (SSSR count). The van der Waals surface area contributed by atoms with Crippen molar-refractivity contribution in [2.75, 3.05) is 77.9 Å². The van der Waals surface area contributed by atoms with Crippen molar-refractivity contribution >= 4 is 46.9 Å². The van der Waals surface area contributed by atoms with Crippen LogP contribution in [0.5, 0.6) is 5.88 Å². The Balaban J connectivity index is 0.875. The van der Waals surface area contributed by atoms with E-state index in [-0.39, 0.29) is 113 Å². The van der Waals surface area contributed by atoms with Crippen LogP contribution in [0.4, 0.5) is 15.9 Å². The lowest BCUT2D eigenvalue weighted by Gasteiger charge is -2.36. The molecule has 6 amide bonds. The number of halogens is 1. The van der Waals surface area contributed by atoms with Gasteiger partial charge in [-0.2, -0.15) is 5.10 Å². The van der Waals surface area contributed by atoms with Gasteiger partial charge in [0.25, 0.3) is 5.91 Å². The average Bonchev–Trinajstić information content (AvgIpc) is 4.19. The number of hydrogen-bond donors (Lipinski definition) is 6. The summed E-state index contributed by atoms with van der Waals surface area (Å²) in [5.41, 5.74) is 10.2. The first kappa shape index (κ1) is 58.5. The molecule has 21 nitrogen and oxygen atoms in total. The minimum absolute atomic E-state index is 0.0187. The lowest BCUT2D eigenvalue weighted by atomic mass is 9.85. The van der Waals surface area contributed by atoms with Crippen LogP contribution in [-0.2, 0) is 46.5 Å². The summed E-state index contributed by atoms with van der Waals surface area (Å²) in [4.78, 5) is 91.3. The van der Waals surface area contributed by atoms with Crippen LogP contribution in [0.15, 0.2) is 60.8 Å². The number of carbonyl (C=O) groups excluding carboxylic acids is 6. The fraction of sp³-hybridized carbons (Fsp3) is 0.536. The molecule has 7 N–H and O–H groups in total. The smallest absolute Gasteiger partial charge is 0.254 e. The van der Waals surface area contributed by atoms with E-state index in [1.807, 2.05) is 64.1 Å². The molecule has 4 aromatic rings. The number of anilines is 2. The van der Waals surface area contributed by atoms with Gasteiger partial charge in [0.2, 0.25) is 35.4 Å². The number of nitrogens with two attached hydrogens (primary N) is 1. The number of carbonyl (C=O) groups is 6. The van der Waals surface area contributed by atoms with Crippen LogP contribution in [0.25, 0.3) is 11.1 Å². The molecule has 5 heterocycles. The summed E-state index contributed by atoms with van der Waals surface area (Å²) in [6.07, 6.45) is 4.06. The summed E-state index contributed by atoms with van der Waals surface area (Å²) in [5.74, 6) is -1.67. The zero-order valence-electron chi connectivity index (χ0n) is 46.2. The maximum absolute atomic E-state index is 14.7. The molecular weight excluding hydrogens is 1000 g/mol. The Bertz CT molecular complexity index is 2770. The normalized spacial score (nSPS) is 18.3. The number of likely N-dealkylation sites (tertiary alicyclic amines) is 1. The van der Waals surface area contributed by atoms with E-state index >= 15 is 0 Å². The van der Waals surface area contributed by atoms with Crippen LogP contribution in [-0.4, -0.2) is 151 Å². The maximum Gasteiger partial charge on any atom is 0.254 e. The molecule has 3 aliphatic heterocycles. The molecular formula is C56H77FN12O9. The first-order valence-electron chi connectivity index (χ1n) is 26.9. The predicted octanol–water partition coefficient (Wildman–Crippen LogP) is 4.02. The van der Waals surface area contributed by atoms with Crippen LogP contribution in [0.3, 0.4) is 0 Å². The molecule has 0 spiro atoms. The number of likely N-dealkylation sites (N-methyl/N-ethyl adjacent to an activating group) is 1. The maximum atomic E-state index is 14.7. The van der Waals surface area contributed by atoms with Gasteiger partial charge in [0, 0.05) is 62.9 Å². The quantitative estimate of drug-likeness (QED) is 0.0609. The average molecular weight is 1080 g/mol. The van der Waals surface area contributed by atoms with Crippen LogP contribution in [0.2, 0.25) is 0 Å². The number of nitrogen functional groups attached to an aromatic ring is 1. The van der Waals surface area contributed by atoms with Crippen molar-refractivity contribution in [1.29, 1.82) is 0 Å². The van der Waals surface area contributed by atoms with Crippen molar-refractivity contribution in [2.24, 2.45) is 5.41 Å². The van der Waals surface area contributed by atoms with Gasteiger partial charge in [0.05, 0.1) is 81.7 Å². The fourth-order valence-electron chi connectivity index (χ4n) is 10.3. The molecule has 0 saturated carbocycles. The van der Waals surface area contributed by atoms with Gasteiger partial charge in [-0.25, -0.2) is 14.1 Å². The van der Waals surface area contributed by atoms with E-state index in [1.54, 1.807) is 36.8 Å². The topological polar surface area (TPSA) is 257 Å². The van der Waals surface area contributed by atoms with E-state index in [0.717, 1.165) is 12.0 Å². The van der Waals surface area contributed by atoms with Gasteiger partial charge in [-0.05, 0) is 80.5 Å². The van der Waals surface area contributed by atoms with Crippen molar-refractivity contribution in [1.82, 2.24) is 51.1 Å². The van der Waals surface area contributed by atoms with Crippen LogP contribution < -0.4 is 42.0 Å². The van der Waals surface area contributed by atoms with E-state index in [9.17, 15) is 33.2 Å². The largest absolute Gasteiger partial charge is 0.481 e. The second-order valence-electron chi connectivity index (χ2n) is 21.2. The third kappa shape index (κ3) is 14.1. The third-order valence-corrected chi connectivity index (χ3v) is 14.6. The van der Waals surface area contributed by atoms with Gasteiger partial charge < -0.3 is 61.2 Å². The first-order valence-corrected chi connectivity index (χ1v) is 26.9. The Kier molecular flexibility index (Phi) is 19.8. The number of amides is 6. The molecule has 3 aliphatic rings. The molecule has 78 heavy (non-hydrogen) atoms. The molecule has 6 atom stereocenters. The molecule has 0 unspecified atom stereocenters. The Hall–Kier alpha value is -7.17. The molecule has 2 saturated heterocycles. The molecule has 422 valence electrons. The molecule has 2 aromatic heterocycles. The standard InChI is InChI=1S/C56H77FN12O9/c1-9-41(35-14-11-10-12-15-35)63-52(73)45-30-38(32-68(45)54(75)49(56(3,4)5)64-51(72)34(2)59-6)62-47(71)20-25-78-27-26-77-24-19-46(70)60-21-23-69-55(76-8)48-36-28-44(50(58)61-31-36)67-22-13-16-43(67)40-29-37(57)17-18-39(40)53(74)66(7)33-42(48)65-69/h10-12,14-15,17-18,28-29,31,34,38,41,43,45,49,59H,9,13,16,19-27,30,32-33H2,1-8H3,(H2,58,61)(H,60,70)(H,62,71)(H,63,73)(H,64,72)/t34-,38-,41+,43-,45-,49+/m1/s1. The van der Waals surface area contributed by atoms with Crippen LogP contribution in [0.1, 0.15) is 112 Å². The van der Waals surface area contributed by atoms with Gasteiger partial charge in [-0.15, -0.1) is 0 Å². The third-order valence-electron chi connectivity index (χ3n) is 14.6. The molecule has 0 aliphatic carbocycles. The number of benzene rings is 2. The van der Waals surface area contributed by atoms with Crippen molar-refractivity contribution in [2.45, 2.75) is 122 Å². The number of pyridine rings is 1. The minimum atomic E-state index is -0.946. The van der Waals surface area contributed by atoms with E-state index in [4.69, 9.17) is 25.0 Å². The Labute approximate surface area is 455 Å². The number of nitrogens with zero attached hydrogens (tertiary/aromatic N) is 6. The van der Waals surface area contributed by atoms with Crippen molar-refractivity contribution < 1.29 is 47.4 Å². The first-order chi connectivity index (χ1) is 37.3. The predicted molar refractivity (Wildman–Crippen MR) is 291 cm³/mol. The number of aromatic nitrogens is 3. The highest BCUT2D eigenvalue weighted by molar-refractivity contribution is 5.97. The van der Waals surface area contributed by atoms with E-state index in [0.29, 0.717) is 64.7 Å². The lowest BCUT2D eigenvalue weighted by Crippen LogP contribution is -2.59. The molecule has 2 fully saturated rings. The monoisotopic (exact) mass is 1080 g/mol. The summed E-state index contributed by atoms with van der Waals surface area (Å²) in [6, 6.07) is 12.3. The summed E-state index contributed by atoms with van der Waals surface area (Å²) in [6.45, 7) is 11.0. The number of rotatable bonds is 22. The van der Waals surface area contributed by atoms with Crippen LogP contribution >= 0.6 is 0 Å². The highest BCUT2D eigenvalue weighted by Gasteiger charge is 2.46. The molecule has 22 heteroatoms. The van der Waals surface area contributed by atoms with Gasteiger partial charge in [-0.3, -0.25) is 28.8 Å². The van der Waals surface area contributed by atoms with Gasteiger partial charge >= 0.3 is 0 Å². The highest BCUT2D eigenvalue weighted by atomic mass is 19.1. The van der Waals surface area contributed by atoms with Crippen LogP contribution in [0, 0.1) is 11.2 Å². The SMILES string of the molecule is CC[C@H](NC(=O)[C@H]1C[C@@H](NC(=O)CCOCCOCCC(=O)NCCn2nc3c(c2OC)-c2cnc(N)c(c2)N2CCC[C@@H]2c2cc(F)ccc2C(=O)N(C)C3)CN1C(=O)[C@H](NC(=O)[C@@H](C)NC)C(C)(C)C)c1ccccc1. The second-order valence-corrected chi connectivity index (χ2v) is 21.2. The second kappa shape index (κ2) is 26.5. The minimum Gasteiger partial charge on any atom is -0.481 e. The van der Waals surface area contributed by atoms with Gasteiger partial charge in [-0.1, -0.05) is 58.0 Å². The zero-order valence-corrected chi connectivity index (χ0v) is 46.2. The number of nitrogens with one attached hydrogen (secondary N) is 5. The summed E-state index contributed by atoms with van der Waals surface area (Å²) in [5, 5.41) is 19.7. The molecule has 0 radical (unpaired) electrons. The fourth-order valence-corrected chi connectivity index (χ4v) is 10.3. The van der Waals surface area contributed by atoms with Crippen molar-refractivity contribution in [3.63, 3.8) is 0 Å². The molecule has 2 bridgehead atoms. The Morgan fingerprint density at radius 1 is 0.962 bits per heavy atom. The van der Waals surface area contributed by atoms with Gasteiger partial charge in [0.1, 0.15) is 23.7 Å². The number of fused-ring (bicyclic) bond motifs is 8.